The molecule has 2 aromatic rings. The second-order valence-electron chi connectivity index (χ2n) is 17.9. The lowest BCUT2D eigenvalue weighted by atomic mass is 9.85. The Bertz CT molecular complexity index is 2320. The number of hydrogen-bond donors (Lipinski definition) is 3. The number of nitrogens with zero attached hydrogens (tertiary/aromatic N) is 3. The van der Waals surface area contributed by atoms with Gasteiger partial charge in [-0.3, -0.25) is 19.1 Å². The quantitative estimate of drug-likeness (QED) is 0.281. The number of rotatable bonds is 6. The van der Waals surface area contributed by atoms with E-state index in [0.717, 1.165) is 11.0 Å². The van der Waals surface area contributed by atoms with Gasteiger partial charge >= 0.3 is 12.0 Å². The van der Waals surface area contributed by atoms with Gasteiger partial charge in [-0.25, -0.2) is 32.0 Å². The Kier molecular flexibility index (Phi) is 9.84. The van der Waals surface area contributed by atoms with Crippen molar-refractivity contribution in [2.45, 2.75) is 119 Å². The summed E-state index contributed by atoms with van der Waals surface area (Å²) < 4.78 is 106. The molecule has 3 N–H and O–H groups in total. The Morgan fingerprint density at radius 2 is 1.72 bits per heavy atom. The largest absolute Gasteiger partial charge is 0.471 e. The fourth-order valence-electron chi connectivity index (χ4n) is 8.97. The molecule has 324 valence electrons. The van der Waals surface area contributed by atoms with Gasteiger partial charge in [0.15, 0.2) is 5.69 Å². The van der Waals surface area contributed by atoms with Crippen LogP contribution in [-0.4, -0.2) is 107 Å². The predicted octanol–water partition coefficient (Wildman–Crippen LogP) is 4.02. The molecule has 0 spiro atoms. The van der Waals surface area contributed by atoms with E-state index in [-0.39, 0.29) is 36.1 Å². The number of hydrogen-bond acceptors (Lipinski definition) is 11. The van der Waals surface area contributed by atoms with Gasteiger partial charge < -0.3 is 29.7 Å². The summed E-state index contributed by atoms with van der Waals surface area (Å²) in [5.74, 6) is -9.07. The Morgan fingerprint density at radius 1 is 1.05 bits per heavy atom. The van der Waals surface area contributed by atoms with Crippen molar-refractivity contribution in [2.24, 2.45) is 16.7 Å². The zero-order valence-electron chi connectivity index (χ0n) is 33.3. The monoisotopic (exact) mass is 862 g/mol. The molecule has 1 saturated heterocycles. The highest BCUT2D eigenvalue weighted by Gasteiger charge is 3.00. The van der Waals surface area contributed by atoms with E-state index in [9.17, 15) is 36.4 Å². The summed E-state index contributed by atoms with van der Waals surface area (Å²) in [6.07, 6.45) is -3.72. The Morgan fingerprint density at radius 3 is 2.33 bits per heavy atom. The molecule has 5 fully saturated rings. The first-order valence-electron chi connectivity index (χ1n) is 19.8. The molecule has 1 aromatic carbocycles. The summed E-state index contributed by atoms with van der Waals surface area (Å²) in [5.41, 5.74) is -6.37. The first kappa shape index (κ1) is 41.9. The molecule has 60 heavy (non-hydrogen) atoms. The van der Waals surface area contributed by atoms with Crippen molar-refractivity contribution in [1.82, 2.24) is 30.2 Å². The van der Waals surface area contributed by atoms with Crippen LogP contribution in [0.1, 0.15) is 71.9 Å². The molecule has 3 heterocycles. The standard InChI is InChI=1S/C40H46F4N6O9S/c1-20-27-39(20,33(41)42)40(27,34(53)49-60(55,56)37(5)15-16-37)48-30(51)24-18-21-19-50(24)32(52)29(36(2,3)4)47-35(54)59-26-13-8-12-25(26)57-17-9-14-38(43,44)28-31(58-21)46-23-11-7-6-10-22(23)45-28/h6-7,9-11,14,21,24-27,29,33H,1,8,12-13,15-19H2,2-5H3,(H,47,54)(H,48,51)(H,49,53)/b14-9+/t21-,24+,25-,26-,27?,29-,39+,40+/m1/s1. The molecule has 15 nitrogen and oxygen atoms in total. The summed E-state index contributed by atoms with van der Waals surface area (Å²) in [6, 6.07) is 3.21. The highest BCUT2D eigenvalue weighted by molar-refractivity contribution is 7.91. The molecule has 2 bridgehead atoms. The molecular weight excluding hydrogens is 817 g/mol. The van der Waals surface area contributed by atoms with E-state index in [0.29, 0.717) is 25.3 Å². The van der Waals surface area contributed by atoms with Crippen LogP contribution in [0.4, 0.5) is 22.4 Å². The fraction of sp³-hybridized carbons (Fsp3) is 0.600. The summed E-state index contributed by atoms with van der Waals surface area (Å²) in [6.45, 7) is 9.23. The van der Waals surface area contributed by atoms with E-state index < -0.39 is 128 Å². The number of carbonyl (C=O) groups is 4. The number of nitrogens with one attached hydrogen (secondary N) is 3. The molecule has 6 aliphatic rings. The molecular formula is C40H46F4N6O9S. The molecule has 4 aliphatic carbocycles. The maximum absolute atomic E-state index is 16.1. The molecule has 4 amide bonds. The number of allylic oxidation sites excluding steroid dienone is 1. The van der Waals surface area contributed by atoms with Crippen LogP contribution in [0.2, 0.25) is 0 Å². The van der Waals surface area contributed by atoms with Gasteiger partial charge in [0.2, 0.25) is 27.7 Å². The van der Waals surface area contributed by atoms with E-state index in [1.807, 2.05) is 4.72 Å². The maximum Gasteiger partial charge on any atom is 0.408 e. The van der Waals surface area contributed by atoms with Gasteiger partial charge in [-0.05, 0) is 62.7 Å². The van der Waals surface area contributed by atoms with Crippen molar-refractivity contribution in [3.8, 4) is 5.88 Å². The van der Waals surface area contributed by atoms with E-state index in [1.165, 1.54) is 19.1 Å². The van der Waals surface area contributed by atoms with Crippen LogP contribution in [0.25, 0.3) is 11.0 Å². The number of amides is 4. The summed E-state index contributed by atoms with van der Waals surface area (Å²) >= 11 is 0. The third-order valence-corrected chi connectivity index (χ3v) is 15.0. The number of aromatic nitrogens is 2. The first-order chi connectivity index (χ1) is 28.1. The Hall–Kier alpha value is -4.85. The van der Waals surface area contributed by atoms with Gasteiger partial charge in [-0.1, -0.05) is 51.1 Å². The van der Waals surface area contributed by atoms with Crippen molar-refractivity contribution in [1.29, 1.82) is 0 Å². The average Bonchev–Trinajstić information content (AvgIpc) is 4.08. The highest BCUT2D eigenvalue weighted by Crippen LogP contribution is 2.87. The topological polar surface area (TPSA) is 195 Å². The molecule has 8 rings (SSSR count). The minimum atomic E-state index is -4.36. The Labute approximate surface area is 343 Å². The number of carbonyl (C=O) groups excluding carboxylic acids is 4. The second-order valence-corrected chi connectivity index (χ2v) is 20.1. The summed E-state index contributed by atoms with van der Waals surface area (Å²) in [7, 11) is -4.36. The van der Waals surface area contributed by atoms with Crippen LogP contribution < -0.4 is 20.1 Å². The highest BCUT2D eigenvalue weighted by atomic mass is 32.2. The molecule has 1 unspecified atom stereocenters. The fourth-order valence-corrected chi connectivity index (χ4v) is 10.3. The van der Waals surface area contributed by atoms with Gasteiger partial charge in [-0.15, -0.1) is 0 Å². The van der Waals surface area contributed by atoms with Crippen molar-refractivity contribution >= 4 is 44.9 Å². The number of para-hydroxylation sites is 2. The number of sulfonamides is 1. The normalized spacial score (nSPS) is 33.8. The number of ether oxygens (including phenoxy) is 3. The van der Waals surface area contributed by atoms with Crippen molar-refractivity contribution in [3.05, 3.63) is 54.3 Å². The molecule has 2 aliphatic heterocycles. The van der Waals surface area contributed by atoms with Gasteiger partial charge in [0.05, 0.1) is 40.5 Å². The van der Waals surface area contributed by atoms with Gasteiger partial charge in [0.1, 0.15) is 29.8 Å². The zero-order chi connectivity index (χ0) is 43.4. The van der Waals surface area contributed by atoms with Crippen molar-refractivity contribution in [2.75, 3.05) is 13.2 Å². The molecule has 20 heteroatoms. The lowest BCUT2D eigenvalue weighted by molar-refractivity contribution is -0.143. The van der Waals surface area contributed by atoms with Crippen LogP contribution >= 0.6 is 0 Å². The van der Waals surface area contributed by atoms with Crippen LogP contribution in [0.15, 0.2) is 48.6 Å². The lowest BCUT2D eigenvalue weighted by Gasteiger charge is -2.36. The number of benzene rings is 1. The molecule has 0 radical (unpaired) electrons. The van der Waals surface area contributed by atoms with Gasteiger partial charge in [0.25, 0.3) is 12.3 Å². The van der Waals surface area contributed by atoms with Gasteiger partial charge in [-0.2, -0.15) is 8.78 Å². The Balaban J connectivity index is 1.18. The van der Waals surface area contributed by atoms with Crippen LogP contribution in [0, 0.1) is 16.7 Å². The van der Waals surface area contributed by atoms with E-state index in [2.05, 4.69) is 27.2 Å². The number of alkyl halides is 4. The van der Waals surface area contributed by atoms with Crippen molar-refractivity contribution in [3.63, 3.8) is 0 Å². The van der Waals surface area contributed by atoms with Crippen LogP contribution in [0.3, 0.4) is 0 Å². The predicted molar refractivity (Wildman–Crippen MR) is 204 cm³/mol. The summed E-state index contributed by atoms with van der Waals surface area (Å²) in [4.78, 5) is 66.1. The van der Waals surface area contributed by atoms with Crippen LogP contribution in [0.5, 0.6) is 5.88 Å². The second kappa shape index (κ2) is 14.1. The lowest BCUT2D eigenvalue weighted by Crippen LogP contribution is -2.63. The average molecular weight is 863 g/mol. The smallest absolute Gasteiger partial charge is 0.408 e. The van der Waals surface area contributed by atoms with Gasteiger partial charge in [0, 0.05) is 12.3 Å². The summed E-state index contributed by atoms with van der Waals surface area (Å²) in [5, 5.41) is 5.01. The molecule has 8 atom stereocenters. The maximum atomic E-state index is 16.1. The molecule has 1 aromatic heterocycles. The van der Waals surface area contributed by atoms with Crippen LogP contribution in [-0.2, 0) is 39.8 Å². The zero-order valence-corrected chi connectivity index (χ0v) is 34.1. The third-order valence-electron chi connectivity index (χ3n) is 12.8. The minimum Gasteiger partial charge on any atom is -0.471 e. The number of alkyl carbamates (subject to hydrolysis) is 1. The third kappa shape index (κ3) is 6.68. The number of halogens is 4. The number of fused-ring (bicyclic) bond motifs is 6. The van der Waals surface area contributed by atoms with E-state index >= 15 is 8.78 Å². The first-order valence-corrected chi connectivity index (χ1v) is 21.3. The minimum absolute atomic E-state index is 0.0599. The van der Waals surface area contributed by atoms with Crippen molar-refractivity contribution < 1.29 is 59.4 Å². The van der Waals surface area contributed by atoms with E-state index in [4.69, 9.17) is 14.2 Å². The molecule has 4 saturated carbocycles. The SMILES string of the molecule is C=C1C2[C@@]1(C(F)F)[C@@]2(NC(=O)[C@@H]1C[C@@H]2CN1C(=O)[C@H](C(C)(C)C)NC(=O)O[C@@H]1CCC[C@H]1OC/C=C/C(F)(F)c1nc3ccccc3nc1O2)C(=O)NS(=O)(=O)C1(C)CC1. The van der Waals surface area contributed by atoms with E-state index in [1.54, 1.807) is 32.9 Å².